The molecule has 7 nitrogen and oxygen atoms in total. The second-order valence-corrected chi connectivity index (χ2v) is 7.16. The minimum Gasteiger partial charge on any atom is -0.480 e. The van der Waals surface area contributed by atoms with Crippen LogP contribution in [-0.4, -0.2) is 29.1 Å². The van der Waals surface area contributed by atoms with E-state index >= 15 is 0 Å². The molecule has 0 aliphatic carbocycles. The summed E-state index contributed by atoms with van der Waals surface area (Å²) in [6, 6.07) is 5.43. The van der Waals surface area contributed by atoms with Gasteiger partial charge in [0.15, 0.2) is 6.10 Å². The molecule has 0 N–H and O–H groups in total. The fourth-order valence-electron chi connectivity index (χ4n) is 3.15. The SMILES string of the molecule is Cc1cc(OC(C)C(=O)N(C)Cc2cc(C)on2)c2c(C)c(C)c(=O)oc2c1. The molecule has 1 unspecified atom stereocenters. The normalized spacial score (nSPS) is 12.2. The molecule has 1 atom stereocenters. The Morgan fingerprint density at radius 1 is 1.18 bits per heavy atom. The van der Waals surface area contributed by atoms with E-state index in [4.69, 9.17) is 13.7 Å². The number of ether oxygens (including phenoxy) is 1. The highest BCUT2D eigenvalue weighted by Crippen LogP contribution is 2.31. The standard InChI is InChI=1S/C21H24N2O5/c1-11-7-17(19-13(3)14(4)21(25)27-18(19)8-11)26-15(5)20(24)23(6)10-16-9-12(2)28-22-16/h7-9,15H,10H2,1-6H3. The number of hydrogen-bond donors (Lipinski definition) is 0. The van der Waals surface area contributed by atoms with Crippen LogP contribution >= 0.6 is 0 Å². The maximum atomic E-state index is 12.8. The molecule has 148 valence electrons. The van der Waals surface area contributed by atoms with Crippen molar-refractivity contribution in [1.82, 2.24) is 10.1 Å². The first-order chi connectivity index (χ1) is 13.2. The lowest BCUT2D eigenvalue weighted by Crippen LogP contribution is -2.37. The molecule has 3 aromatic rings. The molecule has 0 saturated carbocycles. The second-order valence-electron chi connectivity index (χ2n) is 7.16. The summed E-state index contributed by atoms with van der Waals surface area (Å²) >= 11 is 0. The predicted molar refractivity (Wildman–Crippen MR) is 104 cm³/mol. The van der Waals surface area contributed by atoms with Gasteiger partial charge in [-0.25, -0.2) is 4.79 Å². The number of rotatable bonds is 5. The summed E-state index contributed by atoms with van der Waals surface area (Å²) in [5, 5.41) is 4.62. The van der Waals surface area contributed by atoms with Gasteiger partial charge in [-0.05, 0) is 57.9 Å². The van der Waals surface area contributed by atoms with Gasteiger partial charge >= 0.3 is 5.63 Å². The van der Waals surface area contributed by atoms with E-state index in [0.29, 0.717) is 40.3 Å². The van der Waals surface area contributed by atoms with Crippen LogP contribution < -0.4 is 10.4 Å². The van der Waals surface area contributed by atoms with E-state index in [1.165, 1.54) is 4.90 Å². The number of carbonyl (C=O) groups excluding carboxylic acids is 1. The van der Waals surface area contributed by atoms with Gasteiger partial charge in [0.2, 0.25) is 0 Å². The second kappa shape index (κ2) is 7.50. The van der Waals surface area contributed by atoms with E-state index < -0.39 is 6.10 Å². The van der Waals surface area contributed by atoms with Crippen LogP contribution in [0.1, 0.15) is 35.1 Å². The first-order valence-electron chi connectivity index (χ1n) is 9.06. The zero-order valence-electron chi connectivity index (χ0n) is 17.0. The molecule has 0 saturated heterocycles. The number of benzene rings is 1. The minimum atomic E-state index is -0.727. The molecule has 0 spiro atoms. The van der Waals surface area contributed by atoms with Gasteiger partial charge in [-0.1, -0.05) is 5.16 Å². The summed E-state index contributed by atoms with van der Waals surface area (Å²) in [6.45, 7) is 9.27. The fraction of sp³-hybridized carbons (Fsp3) is 0.381. The lowest BCUT2D eigenvalue weighted by Gasteiger charge is -2.22. The third kappa shape index (κ3) is 3.78. The molecule has 1 amide bonds. The van der Waals surface area contributed by atoms with Crippen LogP contribution in [0.25, 0.3) is 11.0 Å². The van der Waals surface area contributed by atoms with Crippen LogP contribution in [0.5, 0.6) is 5.75 Å². The van der Waals surface area contributed by atoms with Gasteiger partial charge in [-0.2, -0.15) is 0 Å². The number of aromatic nitrogens is 1. The molecule has 28 heavy (non-hydrogen) atoms. The fourth-order valence-corrected chi connectivity index (χ4v) is 3.15. The smallest absolute Gasteiger partial charge is 0.339 e. The van der Waals surface area contributed by atoms with E-state index in [2.05, 4.69) is 5.16 Å². The Bertz CT molecular complexity index is 1100. The van der Waals surface area contributed by atoms with Crippen LogP contribution in [-0.2, 0) is 11.3 Å². The van der Waals surface area contributed by atoms with Crippen LogP contribution in [0, 0.1) is 27.7 Å². The maximum Gasteiger partial charge on any atom is 0.339 e. The highest BCUT2D eigenvalue weighted by Gasteiger charge is 2.22. The van der Waals surface area contributed by atoms with Crippen molar-refractivity contribution < 1.29 is 18.5 Å². The maximum absolute atomic E-state index is 12.8. The highest BCUT2D eigenvalue weighted by molar-refractivity contribution is 5.89. The van der Waals surface area contributed by atoms with Crippen LogP contribution in [0.3, 0.4) is 0 Å². The topological polar surface area (TPSA) is 85.8 Å². The summed E-state index contributed by atoms with van der Waals surface area (Å²) in [6.07, 6.45) is -0.727. The third-order valence-corrected chi connectivity index (χ3v) is 4.76. The number of fused-ring (bicyclic) bond motifs is 1. The van der Waals surface area contributed by atoms with Crippen molar-refractivity contribution >= 4 is 16.9 Å². The molecular formula is C21H24N2O5. The van der Waals surface area contributed by atoms with Crippen molar-refractivity contribution in [3.05, 3.63) is 56.8 Å². The zero-order valence-corrected chi connectivity index (χ0v) is 17.0. The number of likely N-dealkylation sites (N-methyl/N-ethyl adjacent to an activating group) is 1. The summed E-state index contributed by atoms with van der Waals surface area (Å²) in [5.41, 5.74) is 2.95. The highest BCUT2D eigenvalue weighted by atomic mass is 16.5. The van der Waals surface area contributed by atoms with Crippen LogP contribution in [0.2, 0.25) is 0 Å². The lowest BCUT2D eigenvalue weighted by molar-refractivity contribution is -0.137. The Kier molecular flexibility index (Phi) is 5.27. The van der Waals surface area contributed by atoms with Gasteiger partial charge in [0.1, 0.15) is 22.8 Å². The molecule has 0 aliphatic heterocycles. The molecular weight excluding hydrogens is 360 g/mol. The first kappa shape index (κ1) is 19.7. The van der Waals surface area contributed by atoms with Crippen molar-refractivity contribution in [2.75, 3.05) is 7.05 Å². The van der Waals surface area contributed by atoms with Gasteiger partial charge in [0.25, 0.3) is 5.91 Å². The quantitative estimate of drug-likeness (QED) is 0.627. The number of aryl methyl sites for hydroxylation is 3. The monoisotopic (exact) mass is 384 g/mol. The third-order valence-electron chi connectivity index (χ3n) is 4.76. The van der Waals surface area contributed by atoms with Gasteiger partial charge in [0, 0.05) is 18.7 Å². The van der Waals surface area contributed by atoms with E-state index in [-0.39, 0.29) is 11.5 Å². The van der Waals surface area contributed by atoms with E-state index in [1.54, 1.807) is 40.0 Å². The Morgan fingerprint density at radius 2 is 1.89 bits per heavy atom. The molecule has 1 aromatic carbocycles. The largest absolute Gasteiger partial charge is 0.480 e. The molecule has 2 aromatic heterocycles. The predicted octanol–water partition coefficient (Wildman–Crippen LogP) is 3.44. The average Bonchev–Trinajstić information content (AvgIpc) is 3.03. The summed E-state index contributed by atoms with van der Waals surface area (Å²) in [4.78, 5) is 26.3. The summed E-state index contributed by atoms with van der Waals surface area (Å²) in [5.74, 6) is 1.02. The minimum absolute atomic E-state index is 0.193. The van der Waals surface area contributed by atoms with Crippen molar-refractivity contribution in [2.24, 2.45) is 0 Å². The first-order valence-corrected chi connectivity index (χ1v) is 9.06. The van der Waals surface area contributed by atoms with E-state index in [1.807, 2.05) is 19.9 Å². The number of carbonyl (C=O) groups is 1. The number of hydrogen-bond acceptors (Lipinski definition) is 6. The molecule has 0 radical (unpaired) electrons. The van der Waals surface area contributed by atoms with E-state index in [0.717, 1.165) is 11.1 Å². The van der Waals surface area contributed by atoms with Gasteiger partial charge in [-0.15, -0.1) is 0 Å². The Labute approximate surface area is 162 Å². The average molecular weight is 384 g/mol. The molecule has 0 bridgehead atoms. The van der Waals surface area contributed by atoms with Crippen molar-refractivity contribution in [1.29, 1.82) is 0 Å². The zero-order chi connectivity index (χ0) is 20.6. The number of amides is 1. The molecule has 0 aliphatic rings. The Morgan fingerprint density at radius 3 is 2.54 bits per heavy atom. The van der Waals surface area contributed by atoms with Gasteiger partial charge in [0.05, 0.1) is 11.9 Å². The van der Waals surface area contributed by atoms with Crippen molar-refractivity contribution in [3.8, 4) is 5.75 Å². The molecule has 3 rings (SSSR count). The van der Waals surface area contributed by atoms with Gasteiger partial charge < -0.3 is 18.6 Å². The molecule has 0 fully saturated rings. The molecule has 2 heterocycles. The van der Waals surface area contributed by atoms with Crippen molar-refractivity contribution in [2.45, 2.75) is 47.3 Å². The number of nitrogens with zero attached hydrogens (tertiary/aromatic N) is 2. The Balaban J connectivity index is 1.88. The molecule has 7 heteroatoms. The van der Waals surface area contributed by atoms with Gasteiger partial charge in [-0.3, -0.25) is 4.79 Å². The lowest BCUT2D eigenvalue weighted by atomic mass is 10.0. The van der Waals surface area contributed by atoms with Crippen molar-refractivity contribution in [3.63, 3.8) is 0 Å². The summed E-state index contributed by atoms with van der Waals surface area (Å²) in [7, 11) is 1.69. The van der Waals surface area contributed by atoms with Crippen LogP contribution in [0.4, 0.5) is 0 Å². The van der Waals surface area contributed by atoms with E-state index in [9.17, 15) is 9.59 Å². The van der Waals surface area contributed by atoms with Crippen LogP contribution in [0.15, 0.2) is 31.9 Å². The Hall–Kier alpha value is -3.09. The summed E-state index contributed by atoms with van der Waals surface area (Å²) < 4.78 is 16.5.